The van der Waals surface area contributed by atoms with Gasteiger partial charge in [0.1, 0.15) is 0 Å². The summed E-state index contributed by atoms with van der Waals surface area (Å²) in [5.41, 5.74) is 3.00. The predicted octanol–water partition coefficient (Wildman–Crippen LogP) is 2.40. The molecule has 0 bridgehead atoms. The third-order valence-corrected chi connectivity index (χ3v) is 5.04. The highest BCUT2D eigenvalue weighted by atomic mass is 127. The second-order valence-corrected chi connectivity index (χ2v) is 7.72. The fraction of sp³-hybridized carbons (Fsp3) is 0.500. The number of carbonyl (C=O) groups is 1. The molecule has 1 aliphatic rings. The molecule has 1 unspecified atom stereocenters. The Kier molecular flexibility index (Phi) is 10.3. The van der Waals surface area contributed by atoms with Crippen molar-refractivity contribution in [3.05, 3.63) is 42.1 Å². The molecule has 8 nitrogen and oxygen atoms in total. The third-order valence-electron chi connectivity index (χ3n) is 5.04. The molecule has 1 aliphatic heterocycles. The molecule has 1 fully saturated rings. The standard InChI is InChI=1S/C22H32N6O2.HI/c1-27(2)20(29)15-25-22(24-14-19-11-7-8-12-30-19)23-13-18-16-28(3)26-21(18)17-9-5-4-6-10-17;/h4-6,9-10,16,19H,7-8,11-15H2,1-3H3,(H2,23,24,25);1H. The van der Waals surface area contributed by atoms with Gasteiger partial charge in [0.15, 0.2) is 5.96 Å². The Bertz CT molecular complexity index is 847. The first kappa shape index (κ1) is 25.1. The molecule has 2 N–H and O–H groups in total. The molecular formula is C22H33IN6O2. The summed E-state index contributed by atoms with van der Waals surface area (Å²) in [6.45, 7) is 2.11. The van der Waals surface area contributed by atoms with E-state index in [1.807, 2.05) is 43.6 Å². The molecule has 1 atom stereocenters. The lowest BCUT2D eigenvalue weighted by Crippen LogP contribution is -2.45. The first-order valence-electron chi connectivity index (χ1n) is 10.4. The molecular weight excluding hydrogens is 507 g/mol. The zero-order valence-electron chi connectivity index (χ0n) is 18.5. The molecule has 3 rings (SSSR count). The summed E-state index contributed by atoms with van der Waals surface area (Å²) < 4.78 is 7.61. The number of ether oxygens (including phenoxy) is 1. The van der Waals surface area contributed by atoms with Crippen LogP contribution >= 0.6 is 24.0 Å². The van der Waals surface area contributed by atoms with E-state index >= 15 is 0 Å². The molecule has 1 aromatic heterocycles. The molecule has 0 radical (unpaired) electrons. The monoisotopic (exact) mass is 540 g/mol. The van der Waals surface area contributed by atoms with Gasteiger partial charge >= 0.3 is 0 Å². The molecule has 2 heterocycles. The number of nitrogens with zero attached hydrogens (tertiary/aromatic N) is 4. The van der Waals surface area contributed by atoms with Crippen molar-refractivity contribution < 1.29 is 9.53 Å². The van der Waals surface area contributed by atoms with Crippen LogP contribution in [0.2, 0.25) is 0 Å². The highest BCUT2D eigenvalue weighted by molar-refractivity contribution is 14.0. The summed E-state index contributed by atoms with van der Waals surface area (Å²) in [7, 11) is 5.39. The molecule has 0 aliphatic carbocycles. The zero-order valence-corrected chi connectivity index (χ0v) is 20.8. The summed E-state index contributed by atoms with van der Waals surface area (Å²) in [4.78, 5) is 18.3. The van der Waals surface area contributed by atoms with Crippen LogP contribution in [0.15, 0.2) is 41.5 Å². The van der Waals surface area contributed by atoms with Crippen molar-refractivity contribution in [2.45, 2.75) is 31.9 Å². The molecule has 1 saturated heterocycles. The summed E-state index contributed by atoms with van der Waals surface area (Å²) in [6.07, 6.45) is 5.50. The van der Waals surface area contributed by atoms with Crippen molar-refractivity contribution in [2.24, 2.45) is 12.0 Å². The number of nitrogens with one attached hydrogen (secondary N) is 2. The zero-order chi connectivity index (χ0) is 21.3. The van der Waals surface area contributed by atoms with Gasteiger partial charge in [-0.2, -0.15) is 5.10 Å². The molecule has 170 valence electrons. The van der Waals surface area contributed by atoms with Crippen LogP contribution in [0.5, 0.6) is 0 Å². The van der Waals surface area contributed by atoms with Crippen molar-refractivity contribution in [1.82, 2.24) is 25.3 Å². The van der Waals surface area contributed by atoms with Crippen LogP contribution < -0.4 is 10.6 Å². The Hall–Kier alpha value is -2.14. The van der Waals surface area contributed by atoms with E-state index in [4.69, 9.17) is 9.73 Å². The number of aromatic nitrogens is 2. The van der Waals surface area contributed by atoms with Gasteiger partial charge < -0.3 is 20.3 Å². The normalized spacial score (nSPS) is 16.4. The Labute approximate surface area is 201 Å². The number of hydrogen-bond donors (Lipinski definition) is 2. The van der Waals surface area contributed by atoms with Crippen molar-refractivity contribution in [1.29, 1.82) is 0 Å². The maximum atomic E-state index is 12.0. The molecule has 1 aromatic carbocycles. The van der Waals surface area contributed by atoms with Gasteiger partial charge in [-0.25, -0.2) is 4.99 Å². The number of benzene rings is 1. The van der Waals surface area contributed by atoms with E-state index in [0.717, 1.165) is 36.3 Å². The molecule has 0 saturated carbocycles. The van der Waals surface area contributed by atoms with Crippen LogP contribution in [0.1, 0.15) is 24.8 Å². The van der Waals surface area contributed by atoms with Gasteiger partial charge in [-0.05, 0) is 19.3 Å². The van der Waals surface area contributed by atoms with Gasteiger partial charge in [0.2, 0.25) is 5.91 Å². The van der Waals surface area contributed by atoms with Crippen molar-refractivity contribution in [3.8, 4) is 11.3 Å². The van der Waals surface area contributed by atoms with Crippen LogP contribution in [-0.4, -0.2) is 66.4 Å². The van der Waals surface area contributed by atoms with E-state index < -0.39 is 0 Å². The predicted molar refractivity (Wildman–Crippen MR) is 133 cm³/mol. The minimum absolute atomic E-state index is 0. The first-order chi connectivity index (χ1) is 14.5. The van der Waals surface area contributed by atoms with Gasteiger partial charge in [-0.3, -0.25) is 9.48 Å². The number of hydrogen-bond acceptors (Lipinski definition) is 4. The minimum Gasteiger partial charge on any atom is -0.376 e. The molecule has 2 aromatic rings. The number of rotatable bonds is 7. The van der Waals surface area contributed by atoms with Crippen molar-refractivity contribution >= 4 is 35.8 Å². The second-order valence-electron chi connectivity index (χ2n) is 7.72. The number of likely N-dealkylation sites (N-methyl/N-ethyl adjacent to an activating group) is 1. The maximum Gasteiger partial charge on any atom is 0.241 e. The molecule has 9 heteroatoms. The van der Waals surface area contributed by atoms with Gasteiger partial charge in [-0.15, -0.1) is 24.0 Å². The fourth-order valence-corrected chi connectivity index (χ4v) is 3.33. The first-order valence-corrected chi connectivity index (χ1v) is 10.4. The van der Waals surface area contributed by atoms with Crippen LogP contribution in [0, 0.1) is 0 Å². The smallest absolute Gasteiger partial charge is 0.241 e. The van der Waals surface area contributed by atoms with Gasteiger partial charge in [0.05, 0.1) is 24.9 Å². The fourth-order valence-electron chi connectivity index (χ4n) is 3.33. The van der Waals surface area contributed by atoms with Gasteiger partial charge in [0, 0.05) is 51.6 Å². The summed E-state index contributed by atoms with van der Waals surface area (Å²) >= 11 is 0. The van der Waals surface area contributed by atoms with Crippen molar-refractivity contribution in [3.63, 3.8) is 0 Å². The molecule has 31 heavy (non-hydrogen) atoms. The number of carbonyl (C=O) groups excluding carboxylic acids is 1. The Morgan fingerprint density at radius 2 is 2.03 bits per heavy atom. The Morgan fingerprint density at radius 3 is 2.71 bits per heavy atom. The highest BCUT2D eigenvalue weighted by Gasteiger charge is 2.15. The number of aryl methyl sites for hydroxylation is 1. The van der Waals surface area contributed by atoms with Crippen molar-refractivity contribution in [2.75, 3.05) is 33.8 Å². The number of guanidine groups is 1. The number of aliphatic imine (C=N–C) groups is 1. The average Bonchev–Trinajstić information content (AvgIpc) is 3.14. The lowest BCUT2D eigenvalue weighted by atomic mass is 10.1. The molecule has 0 spiro atoms. The van der Waals surface area contributed by atoms with Crippen LogP contribution in [0.25, 0.3) is 11.3 Å². The minimum atomic E-state index is -0.00947. The van der Waals surface area contributed by atoms with E-state index in [9.17, 15) is 4.79 Å². The van der Waals surface area contributed by atoms with E-state index in [2.05, 4.69) is 15.7 Å². The van der Waals surface area contributed by atoms with Crippen LogP contribution in [0.4, 0.5) is 0 Å². The second kappa shape index (κ2) is 12.7. The van der Waals surface area contributed by atoms with Crippen LogP contribution in [0.3, 0.4) is 0 Å². The van der Waals surface area contributed by atoms with Crippen LogP contribution in [-0.2, 0) is 23.1 Å². The topological polar surface area (TPSA) is 83.8 Å². The summed E-state index contributed by atoms with van der Waals surface area (Å²) in [6, 6.07) is 10.1. The van der Waals surface area contributed by atoms with E-state index in [0.29, 0.717) is 19.0 Å². The van der Waals surface area contributed by atoms with Gasteiger partial charge in [0.25, 0.3) is 0 Å². The highest BCUT2D eigenvalue weighted by Crippen LogP contribution is 2.22. The quantitative estimate of drug-likeness (QED) is 0.320. The lowest BCUT2D eigenvalue weighted by molar-refractivity contribution is -0.127. The van der Waals surface area contributed by atoms with E-state index in [1.165, 1.54) is 6.42 Å². The Balaban J connectivity index is 0.00000341. The third kappa shape index (κ3) is 7.80. The lowest BCUT2D eigenvalue weighted by Gasteiger charge is -2.24. The molecule has 1 amide bonds. The summed E-state index contributed by atoms with van der Waals surface area (Å²) in [5, 5.41) is 11.1. The number of amides is 1. The Morgan fingerprint density at radius 1 is 1.26 bits per heavy atom. The largest absolute Gasteiger partial charge is 0.376 e. The van der Waals surface area contributed by atoms with E-state index in [-0.39, 0.29) is 42.5 Å². The van der Waals surface area contributed by atoms with E-state index in [1.54, 1.807) is 23.7 Å². The summed E-state index contributed by atoms with van der Waals surface area (Å²) in [5.74, 6) is 0.590. The average molecular weight is 540 g/mol. The SMILES string of the molecule is CN(C)C(=O)CNC(=NCc1cn(C)nc1-c1ccccc1)NCC1CCCCO1.I. The van der Waals surface area contributed by atoms with Gasteiger partial charge in [-0.1, -0.05) is 30.3 Å². The maximum absolute atomic E-state index is 12.0. The number of halogens is 1.